The molecular weight excluding hydrogens is 226 g/mol. The van der Waals surface area contributed by atoms with Gasteiger partial charge in [-0.2, -0.15) is 0 Å². The van der Waals surface area contributed by atoms with E-state index < -0.39 is 0 Å². The van der Waals surface area contributed by atoms with E-state index >= 15 is 0 Å². The molecule has 0 bridgehead atoms. The molecule has 0 aliphatic carbocycles. The minimum atomic E-state index is 0.342. The maximum atomic E-state index is 5.73. The van der Waals surface area contributed by atoms with Gasteiger partial charge in [-0.25, -0.2) is 0 Å². The summed E-state index contributed by atoms with van der Waals surface area (Å²) in [6.45, 7) is 2.13. The Morgan fingerprint density at radius 3 is 2.83 bits per heavy atom. The van der Waals surface area contributed by atoms with Crippen LogP contribution in [0.4, 0.5) is 5.88 Å². The van der Waals surface area contributed by atoms with Gasteiger partial charge in [0.15, 0.2) is 0 Å². The Labute approximate surface area is 104 Å². The molecule has 0 aliphatic heterocycles. The molecule has 18 heavy (non-hydrogen) atoms. The van der Waals surface area contributed by atoms with Crippen LogP contribution in [0.15, 0.2) is 41.3 Å². The zero-order valence-corrected chi connectivity index (χ0v) is 10.1. The zero-order valence-electron chi connectivity index (χ0n) is 10.1. The second kappa shape index (κ2) is 4.14. The molecule has 2 heterocycles. The number of benzene rings is 1. The number of nitrogen functional groups attached to an aromatic ring is 1. The third-order valence-corrected chi connectivity index (χ3v) is 3.13. The smallest absolute Gasteiger partial charge is 0.229 e. The molecule has 4 nitrogen and oxygen atoms in total. The number of nitrogens with two attached hydrogens (primary N) is 1. The fourth-order valence-corrected chi connectivity index (χ4v) is 2.15. The molecule has 4 heteroatoms. The summed E-state index contributed by atoms with van der Waals surface area (Å²) in [5.74, 6) is 0.342. The Morgan fingerprint density at radius 1 is 1.22 bits per heavy atom. The Morgan fingerprint density at radius 2 is 2.11 bits per heavy atom. The monoisotopic (exact) mass is 239 g/mol. The first-order chi connectivity index (χ1) is 8.79. The number of pyridine rings is 1. The number of hydrogen-bond acceptors (Lipinski definition) is 4. The minimum absolute atomic E-state index is 0.342. The quantitative estimate of drug-likeness (QED) is 0.746. The van der Waals surface area contributed by atoms with Gasteiger partial charge in [0.25, 0.3) is 0 Å². The van der Waals surface area contributed by atoms with E-state index in [1.165, 1.54) is 10.9 Å². The summed E-state index contributed by atoms with van der Waals surface area (Å²) in [7, 11) is 0. The topological polar surface area (TPSA) is 64.9 Å². The number of fused-ring (bicyclic) bond motifs is 1. The average molecular weight is 239 g/mol. The van der Waals surface area contributed by atoms with Crippen molar-refractivity contribution in [1.29, 1.82) is 0 Å². The number of anilines is 1. The lowest BCUT2D eigenvalue weighted by Crippen LogP contribution is -1.88. The highest BCUT2D eigenvalue weighted by Gasteiger charge is 2.08. The van der Waals surface area contributed by atoms with E-state index in [-0.39, 0.29) is 0 Å². The fraction of sp³-hybridized carbons (Fsp3) is 0.143. The summed E-state index contributed by atoms with van der Waals surface area (Å²) in [5.41, 5.74) is 8.79. The van der Waals surface area contributed by atoms with E-state index in [0.29, 0.717) is 5.88 Å². The van der Waals surface area contributed by atoms with Gasteiger partial charge in [-0.05, 0) is 29.0 Å². The highest BCUT2D eigenvalue weighted by atomic mass is 16.5. The molecule has 3 aromatic rings. The van der Waals surface area contributed by atoms with Gasteiger partial charge in [-0.1, -0.05) is 24.2 Å². The number of nitrogens with zero attached hydrogens (tertiary/aromatic N) is 2. The van der Waals surface area contributed by atoms with Gasteiger partial charge in [-0.15, -0.1) is 0 Å². The van der Waals surface area contributed by atoms with Gasteiger partial charge in [0.05, 0.1) is 11.8 Å². The van der Waals surface area contributed by atoms with E-state index in [0.717, 1.165) is 22.9 Å². The van der Waals surface area contributed by atoms with Crippen molar-refractivity contribution in [2.75, 3.05) is 5.73 Å². The first-order valence-corrected chi connectivity index (χ1v) is 5.86. The molecule has 2 N–H and O–H groups in total. The first kappa shape index (κ1) is 10.8. The summed E-state index contributed by atoms with van der Waals surface area (Å²) in [4.78, 5) is 4.26. The SMILES string of the molecule is CCc1cncc2cc(-c3cnoc3N)ccc12. The predicted molar refractivity (Wildman–Crippen MR) is 71.0 cm³/mol. The second-order valence-electron chi connectivity index (χ2n) is 4.19. The molecule has 0 amide bonds. The van der Waals surface area contributed by atoms with Crippen LogP contribution in [0, 0.1) is 0 Å². The molecule has 2 aromatic heterocycles. The molecule has 0 saturated carbocycles. The van der Waals surface area contributed by atoms with E-state index in [1.54, 1.807) is 6.20 Å². The predicted octanol–water partition coefficient (Wildman–Crippen LogP) is 3.03. The number of hydrogen-bond donors (Lipinski definition) is 1. The maximum absolute atomic E-state index is 5.73. The van der Waals surface area contributed by atoms with Gasteiger partial charge in [-0.3, -0.25) is 4.98 Å². The van der Waals surface area contributed by atoms with Gasteiger partial charge >= 0.3 is 0 Å². The van der Waals surface area contributed by atoms with E-state index in [9.17, 15) is 0 Å². The molecule has 0 saturated heterocycles. The third kappa shape index (κ3) is 1.62. The van der Waals surface area contributed by atoms with Gasteiger partial charge in [0.1, 0.15) is 0 Å². The van der Waals surface area contributed by atoms with E-state index in [2.05, 4.69) is 29.2 Å². The third-order valence-electron chi connectivity index (χ3n) is 3.13. The van der Waals surface area contributed by atoms with E-state index in [4.69, 9.17) is 10.3 Å². The Kier molecular flexibility index (Phi) is 2.48. The number of aryl methyl sites for hydroxylation is 1. The van der Waals surface area contributed by atoms with Crippen LogP contribution in [-0.2, 0) is 6.42 Å². The first-order valence-electron chi connectivity index (χ1n) is 5.86. The Bertz CT molecular complexity index is 703. The summed E-state index contributed by atoms with van der Waals surface area (Å²) >= 11 is 0. The molecule has 0 spiro atoms. The highest BCUT2D eigenvalue weighted by molar-refractivity contribution is 5.90. The van der Waals surface area contributed by atoms with Crippen LogP contribution in [0.5, 0.6) is 0 Å². The maximum Gasteiger partial charge on any atom is 0.229 e. The number of rotatable bonds is 2. The molecular formula is C14H13N3O. The fourth-order valence-electron chi connectivity index (χ4n) is 2.15. The van der Waals surface area contributed by atoms with Crippen LogP contribution in [0.1, 0.15) is 12.5 Å². The van der Waals surface area contributed by atoms with Crippen molar-refractivity contribution in [3.63, 3.8) is 0 Å². The van der Waals surface area contributed by atoms with Crippen molar-refractivity contribution in [1.82, 2.24) is 10.1 Å². The van der Waals surface area contributed by atoms with Gasteiger partial charge in [0, 0.05) is 17.8 Å². The summed E-state index contributed by atoms with van der Waals surface area (Å²) < 4.78 is 4.89. The van der Waals surface area contributed by atoms with Crippen molar-refractivity contribution in [3.8, 4) is 11.1 Å². The summed E-state index contributed by atoms with van der Waals surface area (Å²) in [5, 5.41) is 6.03. The van der Waals surface area contributed by atoms with Crippen LogP contribution in [0.3, 0.4) is 0 Å². The molecule has 3 rings (SSSR count). The van der Waals surface area contributed by atoms with Crippen LogP contribution in [0.25, 0.3) is 21.9 Å². The molecule has 0 atom stereocenters. The van der Waals surface area contributed by atoms with Crippen molar-refractivity contribution in [3.05, 3.63) is 42.4 Å². The largest absolute Gasteiger partial charge is 0.367 e. The van der Waals surface area contributed by atoms with Crippen LogP contribution >= 0.6 is 0 Å². The molecule has 0 radical (unpaired) electrons. The lowest BCUT2D eigenvalue weighted by molar-refractivity contribution is 0.436. The lowest BCUT2D eigenvalue weighted by Gasteiger charge is -2.05. The normalized spacial score (nSPS) is 10.9. The molecule has 0 aliphatic rings. The van der Waals surface area contributed by atoms with Crippen LogP contribution in [0.2, 0.25) is 0 Å². The Hall–Kier alpha value is -2.36. The Balaban J connectivity index is 2.21. The zero-order chi connectivity index (χ0) is 12.5. The lowest BCUT2D eigenvalue weighted by atomic mass is 10.0. The van der Waals surface area contributed by atoms with Crippen LogP contribution < -0.4 is 5.73 Å². The van der Waals surface area contributed by atoms with Crippen molar-refractivity contribution in [2.45, 2.75) is 13.3 Å². The summed E-state index contributed by atoms with van der Waals surface area (Å²) in [6, 6.07) is 6.19. The number of aromatic nitrogens is 2. The molecule has 0 unspecified atom stereocenters. The van der Waals surface area contributed by atoms with Gasteiger partial charge in [0.2, 0.25) is 5.88 Å². The van der Waals surface area contributed by atoms with Crippen molar-refractivity contribution >= 4 is 16.7 Å². The average Bonchev–Trinajstić information content (AvgIpc) is 2.83. The molecule has 1 aromatic carbocycles. The standard InChI is InChI=1S/C14H13N3O/c1-2-9-6-16-7-11-5-10(3-4-12(9)11)13-8-17-18-14(13)15/h3-8H,2,15H2,1H3. The highest BCUT2D eigenvalue weighted by Crippen LogP contribution is 2.29. The minimum Gasteiger partial charge on any atom is -0.367 e. The summed E-state index contributed by atoms with van der Waals surface area (Å²) in [6.07, 6.45) is 6.38. The second-order valence-corrected chi connectivity index (χ2v) is 4.19. The van der Waals surface area contributed by atoms with Crippen molar-refractivity contribution < 1.29 is 4.52 Å². The molecule has 0 fully saturated rings. The van der Waals surface area contributed by atoms with E-state index in [1.807, 2.05) is 18.5 Å². The molecule has 90 valence electrons. The van der Waals surface area contributed by atoms with Crippen molar-refractivity contribution in [2.24, 2.45) is 0 Å². The van der Waals surface area contributed by atoms with Crippen LogP contribution in [-0.4, -0.2) is 10.1 Å². The van der Waals surface area contributed by atoms with Gasteiger partial charge < -0.3 is 10.3 Å².